The summed E-state index contributed by atoms with van der Waals surface area (Å²) < 4.78 is 2.41. The topological polar surface area (TPSA) is 93.6 Å². The van der Waals surface area contributed by atoms with Crippen molar-refractivity contribution < 1.29 is 4.79 Å². The first-order valence-electron chi connectivity index (χ1n) is 10.1. The van der Waals surface area contributed by atoms with Crippen LogP contribution in [-0.2, 0) is 13.1 Å². The first-order valence-corrected chi connectivity index (χ1v) is 10.1. The highest BCUT2D eigenvalue weighted by Gasteiger charge is 2.25. The van der Waals surface area contributed by atoms with Crippen molar-refractivity contribution >= 4 is 11.6 Å². The van der Waals surface area contributed by atoms with E-state index >= 15 is 0 Å². The molecular weight excluding hydrogens is 370 g/mol. The molecule has 8 nitrogen and oxygen atoms in total. The summed E-state index contributed by atoms with van der Waals surface area (Å²) in [5.41, 5.74) is 5.90. The number of hydrogen-bond acceptors (Lipinski definition) is 6. The number of nitrogen functional groups attached to an aromatic ring is 1. The molecule has 156 valence electrons. The maximum absolute atomic E-state index is 13.0. The molecule has 0 atom stereocenters. The molecule has 1 aromatic carbocycles. The van der Waals surface area contributed by atoms with Crippen molar-refractivity contribution in [3.05, 3.63) is 62.3 Å². The van der Waals surface area contributed by atoms with E-state index in [1.54, 1.807) is 6.92 Å². The Morgan fingerprint density at radius 3 is 2.14 bits per heavy atom. The number of piperazine rings is 1. The zero-order chi connectivity index (χ0) is 21.0. The van der Waals surface area contributed by atoms with Gasteiger partial charge in [-0.25, -0.2) is 4.79 Å². The van der Waals surface area contributed by atoms with Crippen molar-refractivity contribution in [1.82, 2.24) is 18.9 Å². The Kier molecular flexibility index (Phi) is 6.66. The molecule has 1 aliphatic rings. The third-order valence-electron chi connectivity index (χ3n) is 5.53. The van der Waals surface area contributed by atoms with Crippen molar-refractivity contribution in [3.63, 3.8) is 0 Å². The molecule has 1 aromatic heterocycles. The summed E-state index contributed by atoms with van der Waals surface area (Å²) in [6.07, 6.45) is 0. The lowest BCUT2D eigenvalue weighted by Gasteiger charge is -2.33. The smallest absolute Gasteiger partial charge is 0.332 e. The summed E-state index contributed by atoms with van der Waals surface area (Å²) in [6.45, 7) is 8.66. The van der Waals surface area contributed by atoms with Crippen LogP contribution in [0.1, 0.15) is 29.8 Å². The predicted octanol–water partition coefficient (Wildman–Crippen LogP) is 0.481. The van der Waals surface area contributed by atoms with E-state index in [2.05, 4.69) is 11.8 Å². The number of Topliss-reactive ketones (excluding diaryl/α,β-unsaturated/α-hetero) is 1. The first kappa shape index (κ1) is 21.0. The summed E-state index contributed by atoms with van der Waals surface area (Å²) in [7, 11) is 0. The van der Waals surface area contributed by atoms with Crippen molar-refractivity contribution in [1.29, 1.82) is 0 Å². The number of nitrogens with zero attached hydrogens (tertiary/aromatic N) is 4. The van der Waals surface area contributed by atoms with Gasteiger partial charge in [0.15, 0.2) is 5.78 Å². The molecule has 29 heavy (non-hydrogen) atoms. The van der Waals surface area contributed by atoms with Crippen molar-refractivity contribution in [3.8, 4) is 0 Å². The molecule has 0 spiro atoms. The maximum Gasteiger partial charge on any atom is 0.332 e. The van der Waals surface area contributed by atoms with Gasteiger partial charge >= 0.3 is 5.69 Å². The van der Waals surface area contributed by atoms with Gasteiger partial charge in [0, 0.05) is 32.7 Å². The van der Waals surface area contributed by atoms with Gasteiger partial charge in [0.25, 0.3) is 5.56 Å². The molecular formula is C21H29N5O3. The van der Waals surface area contributed by atoms with Crippen LogP contribution in [0.4, 0.5) is 5.82 Å². The Bertz CT molecular complexity index is 972. The Labute approximate surface area is 170 Å². The molecule has 3 rings (SSSR count). The van der Waals surface area contributed by atoms with Crippen LogP contribution >= 0.6 is 0 Å². The zero-order valence-corrected chi connectivity index (χ0v) is 17.1. The minimum atomic E-state index is -0.600. The number of rotatable bonds is 7. The number of likely N-dealkylation sites (N-methyl/N-ethyl adjacent to an activating group) is 1. The second kappa shape index (κ2) is 9.19. The van der Waals surface area contributed by atoms with E-state index in [0.29, 0.717) is 0 Å². The van der Waals surface area contributed by atoms with Crippen molar-refractivity contribution in [2.45, 2.75) is 26.9 Å². The van der Waals surface area contributed by atoms with Crippen molar-refractivity contribution in [2.24, 2.45) is 0 Å². The molecule has 0 aliphatic carbocycles. The summed E-state index contributed by atoms with van der Waals surface area (Å²) in [5.74, 6) is -0.382. The van der Waals surface area contributed by atoms with Crippen LogP contribution in [0.2, 0.25) is 0 Å². The van der Waals surface area contributed by atoms with E-state index in [4.69, 9.17) is 5.73 Å². The monoisotopic (exact) mass is 399 g/mol. The fourth-order valence-corrected chi connectivity index (χ4v) is 3.72. The fourth-order valence-electron chi connectivity index (χ4n) is 3.72. The number of nitrogens with two attached hydrogens (primary N) is 1. The average Bonchev–Trinajstić information content (AvgIpc) is 2.73. The van der Waals surface area contributed by atoms with Gasteiger partial charge in [-0.15, -0.1) is 0 Å². The molecule has 0 unspecified atom stereocenters. The van der Waals surface area contributed by atoms with Gasteiger partial charge in [0.2, 0.25) is 0 Å². The molecule has 2 N–H and O–H groups in total. The van der Waals surface area contributed by atoms with Gasteiger partial charge in [-0.2, -0.15) is 0 Å². The molecule has 2 heterocycles. The van der Waals surface area contributed by atoms with Crippen LogP contribution in [0.25, 0.3) is 0 Å². The van der Waals surface area contributed by atoms with Gasteiger partial charge < -0.3 is 10.6 Å². The third-order valence-corrected chi connectivity index (χ3v) is 5.53. The fraction of sp³-hybridized carbons (Fsp3) is 0.476. The van der Waals surface area contributed by atoms with Gasteiger partial charge in [0.05, 0.1) is 13.1 Å². The molecule has 0 radical (unpaired) electrons. The highest BCUT2D eigenvalue weighted by molar-refractivity contribution is 6.01. The number of anilines is 1. The number of benzene rings is 1. The quantitative estimate of drug-likeness (QED) is 0.681. The van der Waals surface area contributed by atoms with E-state index in [1.807, 2.05) is 35.2 Å². The van der Waals surface area contributed by atoms with Crippen LogP contribution in [-0.4, -0.2) is 64.0 Å². The minimum absolute atomic E-state index is 0.0502. The third kappa shape index (κ3) is 4.49. The van der Waals surface area contributed by atoms with Crippen LogP contribution in [0.5, 0.6) is 0 Å². The second-order valence-corrected chi connectivity index (χ2v) is 7.30. The number of carbonyl (C=O) groups is 1. The van der Waals surface area contributed by atoms with Crippen LogP contribution in [0, 0.1) is 0 Å². The molecule has 1 fully saturated rings. The summed E-state index contributed by atoms with van der Waals surface area (Å²) in [4.78, 5) is 43.0. The Hall–Kier alpha value is -2.71. The number of ketones is 1. The van der Waals surface area contributed by atoms with E-state index in [9.17, 15) is 14.4 Å². The van der Waals surface area contributed by atoms with Gasteiger partial charge in [-0.1, -0.05) is 37.3 Å². The highest BCUT2D eigenvalue weighted by Crippen LogP contribution is 2.11. The minimum Gasteiger partial charge on any atom is -0.384 e. The number of aromatic nitrogens is 2. The SMILES string of the molecule is CCN1CCN(CC(=O)c2c(N)n(Cc3ccccc3)c(=O)n(CC)c2=O)CC1. The van der Waals surface area contributed by atoms with E-state index in [0.717, 1.165) is 42.9 Å². The van der Waals surface area contributed by atoms with Crippen LogP contribution < -0.4 is 17.0 Å². The van der Waals surface area contributed by atoms with E-state index in [1.165, 1.54) is 4.57 Å². The summed E-state index contributed by atoms with van der Waals surface area (Å²) in [5, 5.41) is 0. The Morgan fingerprint density at radius 2 is 1.55 bits per heavy atom. The first-order chi connectivity index (χ1) is 14.0. The number of hydrogen-bond donors (Lipinski definition) is 1. The van der Waals surface area contributed by atoms with Crippen LogP contribution in [0.15, 0.2) is 39.9 Å². The van der Waals surface area contributed by atoms with Gasteiger partial charge in [-0.3, -0.25) is 23.6 Å². The molecule has 1 aliphatic heterocycles. The molecule has 1 saturated heterocycles. The van der Waals surface area contributed by atoms with Crippen molar-refractivity contribution in [2.75, 3.05) is 45.0 Å². The van der Waals surface area contributed by atoms with Crippen LogP contribution in [0.3, 0.4) is 0 Å². The van der Waals surface area contributed by atoms with E-state index in [-0.39, 0.29) is 36.8 Å². The average molecular weight is 399 g/mol. The maximum atomic E-state index is 13.0. The number of carbonyl (C=O) groups excluding carboxylic acids is 1. The zero-order valence-electron chi connectivity index (χ0n) is 17.1. The molecule has 8 heteroatoms. The largest absolute Gasteiger partial charge is 0.384 e. The van der Waals surface area contributed by atoms with E-state index < -0.39 is 11.2 Å². The summed E-state index contributed by atoms with van der Waals surface area (Å²) in [6, 6.07) is 9.38. The molecule has 0 saturated carbocycles. The summed E-state index contributed by atoms with van der Waals surface area (Å²) >= 11 is 0. The molecule has 0 bridgehead atoms. The normalized spacial score (nSPS) is 15.5. The lowest BCUT2D eigenvalue weighted by Crippen LogP contribution is -2.49. The standard InChI is InChI=1S/C21H29N5O3/c1-3-23-10-12-24(13-11-23)15-17(27)18-19(22)26(14-16-8-6-5-7-9-16)21(29)25(4-2)20(18)28/h5-9H,3-4,10-15,22H2,1-2H3. The second-order valence-electron chi connectivity index (χ2n) is 7.30. The molecule has 2 aromatic rings. The Balaban J connectivity index is 1.93. The predicted molar refractivity (Wildman–Crippen MR) is 113 cm³/mol. The lowest BCUT2D eigenvalue weighted by molar-refractivity contribution is 0.0857. The molecule has 0 amide bonds. The lowest BCUT2D eigenvalue weighted by atomic mass is 10.1. The Morgan fingerprint density at radius 1 is 0.931 bits per heavy atom. The van der Waals surface area contributed by atoms with Gasteiger partial charge in [-0.05, 0) is 19.0 Å². The van der Waals surface area contributed by atoms with Gasteiger partial charge in [0.1, 0.15) is 11.4 Å². The highest BCUT2D eigenvalue weighted by atomic mass is 16.2.